The predicted molar refractivity (Wildman–Crippen MR) is 118 cm³/mol. The molecular weight excluding hydrogens is 433 g/mol. The zero-order valence-corrected chi connectivity index (χ0v) is 18.2. The summed E-state index contributed by atoms with van der Waals surface area (Å²) in [6, 6.07) is 12.1. The van der Waals surface area contributed by atoms with E-state index in [1.165, 1.54) is 13.8 Å². The molecule has 1 aromatic heterocycles. The molecule has 3 N–H and O–H groups in total. The predicted octanol–water partition coefficient (Wildman–Crippen LogP) is 4.63. The summed E-state index contributed by atoms with van der Waals surface area (Å²) in [6.45, 7) is 2.82. The molecule has 9 heteroatoms. The number of amides is 2. The highest BCUT2D eigenvalue weighted by molar-refractivity contribution is 7.98. The second kappa shape index (κ2) is 8.28. The maximum atomic E-state index is 12.7. The summed E-state index contributed by atoms with van der Waals surface area (Å²) in [6.07, 6.45) is 0. The van der Waals surface area contributed by atoms with Crippen molar-refractivity contribution in [3.8, 4) is 0 Å². The Balaban J connectivity index is 1.71. The molecule has 0 saturated carbocycles. The molecule has 2 amide bonds. The van der Waals surface area contributed by atoms with Crippen LogP contribution in [0.15, 0.2) is 47.4 Å². The average molecular weight is 452 g/mol. The molecule has 0 spiro atoms. The van der Waals surface area contributed by atoms with E-state index in [0.717, 1.165) is 27.7 Å². The highest BCUT2D eigenvalue weighted by Gasteiger charge is 2.23. The number of anilines is 1. The lowest BCUT2D eigenvalue weighted by Crippen LogP contribution is -2.38. The molecule has 0 aliphatic carbocycles. The van der Waals surface area contributed by atoms with Crippen molar-refractivity contribution in [2.75, 3.05) is 5.32 Å². The summed E-state index contributed by atoms with van der Waals surface area (Å²) < 4.78 is 4.31. The first kappa shape index (κ1) is 21.5. The number of hydrogen-bond donors (Lipinski definition) is 3. The normalized spacial score (nSPS) is 11.5. The molecule has 2 aromatic carbocycles. The first-order chi connectivity index (χ1) is 13.6. The lowest BCUT2D eigenvalue weighted by atomic mass is 10.1. The largest absolute Gasteiger partial charge is 0.381 e. The molecule has 1 heterocycles. The van der Waals surface area contributed by atoms with Gasteiger partial charge in [0.2, 0.25) is 0 Å². The van der Waals surface area contributed by atoms with Gasteiger partial charge >= 0.3 is 0 Å². The molecule has 0 atom stereocenters. The van der Waals surface area contributed by atoms with Crippen molar-refractivity contribution < 1.29 is 14.7 Å². The quantitative estimate of drug-likeness (QED) is 0.493. The van der Waals surface area contributed by atoms with Crippen LogP contribution in [0.5, 0.6) is 0 Å². The number of aromatic nitrogens is 1. The summed E-state index contributed by atoms with van der Waals surface area (Å²) >= 11 is 13.4. The maximum absolute atomic E-state index is 12.7. The fourth-order valence-corrected chi connectivity index (χ4v) is 3.87. The third-order valence-corrected chi connectivity index (χ3v) is 5.56. The third kappa shape index (κ3) is 4.87. The van der Waals surface area contributed by atoms with Crippen molar-refractivity contribution in [2.45, 2.75) is 24.3 Å². The van der Waals surface area contributed by atoms with E-state index in [1.54, 1.807) is 54.1 Å². The van der Waals surface area contributed by atoms with E-state index in [-0.39, 0.29) is 5.91 Å². The topological polar surface area (TPSA) is 83.4 Å². The Morgan fingerprint density at radius 1 is 1.10 bits per heavy atom. The Morgan fingerprint density at radius 3 is 2.38 bits per heavy atom. The van der Waals surface area contributed by atoms with Gasteiger partial charge in [-0.2, -0.15) is 0 Å². The van der Waals surface area contributed by atoms with E-state index < -0.39 is 11.5 Å². The second-order valence-corrected chi connectivity index (χ2v) is 8.70. The van der Waals surface area contributed by atoms with Gasteiger partial charge < -0.3 is 15.0 Å². The van der Waals surface area contributed by atoms with E-state index in [1.807, 2.05) is 0 Å². The summed E-state index contributed by atoms with van der Waals surface area (Å²) in [5, 5.41) is 14.2. The molecule has 152 valence electrons. The maximum Gasteiger partial charge on any atom is 0.272 e. The van der Waals surface area contributed by atoms with Gasteiger partial charge in [-0.05, 0) is 68.3 Å². The van der Waals surface area contributed by atoms with Crippen molar-refractivity contribution in [1.29, 1.82) is 0 Å². The Hall–Kier alpha value is -2.19. The number of halogens is 2. The van der Waals surface area contributed by atoms with Crippen LogP contribution in [-0.4, -0.2) is 27.1 Å². The van der Waals surface area contributed by atoms with Crippen molar-refractivity contribution in [1.82, 2.24) is 9.29 Å². The second-order valence-electron chi connectivity index (χ2n) is 6.98. The number of aliphatic hydroxyl groups is 1. The van der Waals surface area contributed by atoms with Crippen LogP contribution in [0.4, 0.5) is 5.69 Å². The number of hydrogen-bond acceptors (Lipinski definition) is 4. The van der Waals surface area contributed by atoms with Crippen molar-refractivity contribution >= 4 is 63.6 Å². The van der Waals surface area contributed by atoms with Crippen LogP contribution in [0.3, 0.4) is 0 Å². The number of carbonyl (C=O) groups excluding carboxylic acids is 2. The van der Waals surface area contributed by atoms with Crippen molar-refractivity contribution in [3.63, 3.8) is 0 Å². The minimum absolute atomic E-state index is 0.286. The van der Waals surface area contributed by atoms with Crippen molar-refractivity contribution in [2.24, 2.45) is 7.05 Å². The molecule has 29 heavy (non-hydrogen) atoms. The molecular formula is C20H19Cl2N3O3S. The number of carbonyl (C=O) groups is 2. The van der Waals surface area contributed by atoms with Gasteiger partial charge in [0.25, 0.3) is 11.8 Å². The monoisotopic (exact) mass is 451 g/mol. The molecule has 0 aliphatic rings. The van der Waals surface area contributed by atoms with Gasteiger partial charge in [0.15, 0.2) is 0 Å². The number of aryl methyl sites for hydroxylation is 1. The van der Waals surface area contributed by atoms with E-state index in [2.05, 4.69) is 10.0 Å². The highest BCUT2D eigenvalue weighted by atomic mass is 35.5. The highest BCUT2D eigenvalue weighted by Crippen LogP contribution is 2.30. The Kier molecular flexibility index (Phi) is 6.14. The van der Waals surface area contributed by atoms with E-state index in [4.69, 9.17) is 23.2 Å². The van der Waals surface area contributed by atoms with Gasteiger partial charge in [-0.3, -0.25) is 14.3 Å². The van der Waals surface area contributed by atoms with Gasteiger partial charge in [-0.25, -0.2) is 0 Å². The zero-order valence-electron chi connectivity index (χ0n) is 15.9. The van der Waals surface area contributed by atoms with E-state index in [9.17, 15) is 14.7 Å². The molecule has 0 unspecified atom stereocenters. The number of nitrogens with one attached hydrogen (secondary N) is 2. The molecule has 0 saturated heterocycles. The first-order valence-corrected chi connectivity index (χ1v) is 10.2. The zero-order chi connectivity index (χ0) is 21.3. The standard InChI is InChI=1S/C20H19Cl2N3O3S/c1-20(2,28)19(27)24-29-13-6-4-12(5-7-13)23-18(26)17-10-14-15(22)8-11(21)9-16(14)25(17)3/h4-10,28H,1-3H3,(H,23,26)(H,24,27). The Bertz CT molecular complexity index is 1090. The fourth-order valence-electron chi connectivity index (χ4n) is 2.60. The van der Waals surface area contributed by atoms with Crippen molar-refractivity contribution in [3.05, 3.63) is 58.2 Å². The number of benzene rings is 2. The van der Waals surface area contributed by atoms with Gasteiger partial charge in [0.1, 0.15) is 11.3 Å². The summed E-state index contributed by atoms with van der Waals surface area (Å²) in [4.78, 5) is 25.2. The summed E-state index contributed by atoms with van der Waals surface area (Å²) in [5.41, 5.74) is 0.358. The molecule has 6 nitrogen and oxygen atoms in total. The SMILES string of the molecule is Cn1c(C(=O)Nc2ccc(SNC(=O)C(C)(C)O)cc2)cc2c(Cl)cc(Cl)cc21. The number of nitrogens with zero attached hydrogens (tertiary/aromatic N) is 1. The molecule has 0 aliphatic heterocycles. The van der Waals surface area contributed by atoms with Gasteiger partial charge in [0, 0.05) is 28.0 Å². The van der Waals surface area contributed by atoms with E-state index in [0.29, 0.717) is 21.4 Å². The van der Waals surface area contributed by atoms with Crippen LogP contribution < -0.4 is 10.0 Å². The average Bonchev–Trinajstić information content (AvgIpc) is 2.97. The lowest BCUT2D eigenvalue weighted by Gasteiger charge is -2.15. The molecule has 3 aromatic rings. The van der Waals surface area contributed by atoms with Crippen LogP contribution in [-0.2, 0) is 11.8 Å². The Labute approximate surface area is 182 Å². The van der Waals surface area contributed by atoms with Crippen LogP contribution in [0, 0.1) is 0 Å². The number of fused-ring (bicyclic) bond motifs is 1. The van der Waals surface area contributed by atoms with Gasteiger partial charge in [0.05, 0.1) is 10.5 Å². The molecule has 0 radical (unpaired) electrons. The smallest absolute Gasteiger partial charge is 0.272 e. The third-order valence-electron chi connectivity index (χ3n) is 4.24. The minimum Gasteiger partial charge on any atom is -0.381 e. The van der Waals surface area contributed by atoms with E-state index >= 15 is 0 Å². The first-order valence-electron chi connectivity index (χ1n) is 8.62. The van der Waals surface area contributed by atoms with Crippen LogP contribution in [0.1, 0.15) is 24.3 Å². The summed E-state index contributed by atoms with van der Waals surface area (Å²) in [7, 11) is 1.77. The summed E-state index contributed by atoms with van der Waals surface area (Å²) in [5.74, 6) is -0.777. The number of rotatable bonds is 5. The molecule has 0 fully saturated rings. The minimum atomic E-state index is -1.45. The molecule has 0 bridgehead atoms. The Morgan fingerprint density at radius 2 is 1.76 bits per heavy atom. The van der Waals surface area contributed by atoms with Crippen LogP contribution >= 0.6 is 35.1 Å². The van der Waals surface area contributed by atoms with Crippen LogP contribution in [0.2, 0.25) is 10.0 Å². The lowest BCUT2D eigenvalue weighted by molar-refractivity contribution is -0.134. The van der Waals surface area contributed by atoms with Gasteiger partial charge in [-0.15, -0.1) is 0 Å². The van der Waals surface area contributed by atoms with Crippen LogP contribution in [0.25, 0.3) is 10.9 Å². The van der Waals surface area contributed by atoms with Gasteiger partial charge in [-0.1, -0.05) is 23.2 Å². The molecule has 3 rings (SSSR count). The fraction of sp³-hybridized carbons (Fsp3) is 0.200.